The number of amides is 3. The van der Waals surface area contributed by atoms with Gasteiger partial charge >= 0.3 is 12.4 Å². The second kappa shape index (κ2) is 6.70. The van der Waals surface area contributed by atoms with Gasteiger partial charge in [-0.1, -0.05) is 27.7 Å². The van der Waals surface area contributed by atoms with E-state index >= 15 is 0 Å². The van der Waals surface area contributed by atoms with Gasteiger partial charge in [-0.3, -0.25) is 14.7 Å². The molecule has 2 atom stereocenters. The lowest BCUT2D eigenvalue weighted by Crippen LogP contribution is -2.40. The average molecular weight is 433 g/mol. The fourth-order valence-electron chi connectivity index (χ4n) is 4.17. The van der Waals surface area contributed by atoms with Crippen LogP contribution in [0.2, 0.25) is 0 Å². The van der Waals surface area contributed by atoms with Crippen LogP contribution in [0.4, 0.5) is 29.3 Å². The molecule has 1 aromatic heterocycles. The molecule has 0 bridgehead atoms. The van der Waals surface area contributed by atoms with E-state index in [2.05, 4.69) is 9.72 Å². The number of pyridine rings is 1. The summed E-state index contributed by atoms with van der Waals surface area (Å²) < 4.78 is 41.2. The number of nitrogens with zero attached hydrogens (tertiary/aromatic N) is 3. The van der Waals surface area contributed by atoms with Crippen LogP contribution in [0.5, 0.6) is 5.75 Å². The molecular formula is C22H22F3N3O3. The number of rotatable bonds is 3. The van der Waals surface area contributed by atoms with Gasteiger partial charge in [-0.25, -0.2) is 9.69 Å². The SMILES string of the molecule is CC1CC12C(=O)N(c1ccc(OC(F)(F)F)cc1)C(=O)N2c1ccncc1C(C)(C)C. The van der Waals surface area contributed by atoms with Crippen LogP contribution in [0, 0.1) is 5.92 Å². The van der Waals surface area contributed by atoms with Crippen molar-refractivity contribution in [2.75, 3.05) is 9.80 Å². The van der Waals surface area contributed by atoms with E-state index in [1.807, 2.05) is 27.7 Å². The second-order valence-electron chi connectivity index (χ2n) is 8.97. The van der Waals surface area contributed by atoms with Gasteiger partial charge in [0.2, 0.25) is 0 Å². The first kappa shape index (κ1) is 21.1. The molecule has 1 aliphatic heterocycles. The normalized spacial score (nSPS) is 23.6. The number of imide groups is 1. The lowest BCUT2D eigenvalue weighted by molar-refractivity contribution is -0.274. The number of alkyl halides is 3. The largest absolute Gasteiger partial charge is 0.573 e. The van der Waals surface area contributed by atoms with Crippen LogP contribution >= 0.6 is 0 Å². The summed E-state index contributed by atoms with van der Waals surface area (Å²) in [5, 5.41) is 0. The summed E-state index contributed by atoms with van der Waals surface area (Å²) in [6.45, 7) is 7.89. The Balaban J connectivity index is 1.75. The highest BCUT2D eigenvalue weighted by Gasteiger charge is 2.70. The van der Waals surface area contributed by atoms with Crippen molar-refractivity contribution in [3.05, 3.63) is 48.3 Å². The molecule has 9 heteroatoms. The Morgan fingerprint density at radius 1 is 1.10 bits per heavy atom. The van der Waals surface area contributed by atoms with Crippen LogP contribution in [0.1, 0.15) is 39.7 Å². The van der Waals surface area contributed by atoms with Gasteiger partial charge in [0.05, 0.1) is 11.4 Å². The third kappa shape index (κ3) is 3.41. The summed E-state index contributed by atoms with van der Waals surface area (Å²) in [7, 11) is 0. The van der Waals surface area contributed by atoms with E-state index in [4.69, 9.17) is 0 Å². The summed E-state index contributed by atoms with van der Waals surface area (Å²) >= 11 is 0. The molecule has 3 amide bonds. The minimum atomic E-state index is -4.82. The molecule has 1 saturated carbocycles. The first-order valence-corrected chi connectivity index (χ1v) is 9.85. The maximum absolute atomic E-state index is 13.5. The van der Waals surface area contributed by atoms with Crippen molar-refractivity contribution in [3.63, 3.8) is 0 Å². The van der Waals surface area contributed by atoms with Gasteiger partial charge in [0.1, 0.15) is 11.3 Å². The highest BCUT2D eigenvalue weighted by molar-refractivity contribution is 6.32. The Hall–Kier alpha value is -3.10. The zero-order valence-corrected chi connectivity index (χ0v) is 17.5. The number of benzene rings is 1. The van der Waals surface area contributed by atoms with Gasteiger partial charge in [-0.05, 0) is 53.6 Å². The molecule has 2 unspecified atom stereocenters. The number of halogens is 3. The second-order valence-corrected chi connectivity index (χ2v) is 8.97. The number of carbonyl (C=O) groups is 2. The number of urea groups is 1. The molecule has 6 nitrogen and oxygen atoms in total. The zero-order chi connectivity index (χ0) is 22.8. The summed E-state index contributed by atoms with van der Waals surface area (Å²) in [6.07, 6.45) is -1.04. The average Bonchev–Trinajstić information content (AvgIpc) is 3.27. The molecule has 0 radical (unpaired) electrons. The third-order valence-electron chi connectivity index (χ3n) is 5.80. The first-order chi connectivity index (χ1) is 14.4. The predicted molar refractivity (Wildman–Crippen MR) is 108 cm³/mol. The first-order valence-electron chi connectivity index (χ1n) is 9.85. The van der Waals surface area contributed by atoms with Crippen molar-refractivity contribution >= 4 is 23.3 Å². The molecule has 31 heavy (non-hydrogen) atoms. The Labute approximate surface area is 177 Å². The molecule has 2 aliphatic rings. The van der Waals surface area contributed by atoms with Crippen molar-refractivity contribution in [2.45, 2.75) is 51.4 Å². The van der Waals surface area contributed by atoms with E-state index in [0.717, 1.165) is 22.6 Å². The monoisotopic (exact) mass is 433 g/mol. The van der Waals surface area contributed by atoms with Gasteiger partial charge in [0.15, 0.2) is 0 Å². The molecule has 2 fully saturated rings. The van der Waals surface area contributed by atoms with Crippen molar-refractivity contribution in [3.8, 4) is 5.75 Å². The standard InChI is InChI=1S/C22H22F3N3O3/c1-13-11-21(13)18(29)27(14-5-7-15(8-6-14)31-22(23,24)25)19(30)28(21)17-9-10-26-12-16(17)20(2,3)4/h5-10,12-13H,11H2,1-4H3. The number of ether oxygens (including phenoxy) is 1. The van der Waals surface area contributed by atoms with Gasteiger partial charge in [-0.15, -0.1) is 13.2 Å². The van der Waals surface area contributed by atoms with Gasteiger partial charge < -0.3 is 4.74 Å². The van der Waals surface area contributed by atoms with Crippen molar-refractivity contribution in [1.29, 1.82) is 0 Å². The Morgan fingerprint density at radius 3 is 2.23 bits per heavy atom. The smallest absolute Gasteiger partial charge is 0.406 e. The van der Waals surface area contributed by atoms with E-state index in [1.54, 1.807) is 18.5 Å². The van der Waals surface area contributed by atoms with Crippen LogP contribution in [0.15, 0.2) is 42.7 Å². The Bertz CT molecular complexity index is 1050. The maximum atomic E-state index is 13.5. The van der Waals surface area contributed by atoms with Crippen LogP contribution in [0.3, 0.4) is 0 Å². The lowest BCUT2D eigenvalue weighted by Gasteiger charge is -2.29. The molecule has 2 heterocycles. The van der Waals surface area contributed by atoms with Crippen molar-refractivity contribution in [1.82, 2.24) is 4.98 Å². The number of carbonyl (C=O) groups excluding carboxylic acids is 2. The van der Waals surface area contributed by atoms with E-state index in [0.29, 0.717) is 12.1 Å². The van der Waals surface area contributed by atoms with Crippen molar-refractivity contribution in [2.24, 2.45) is 5.92 Å². The van der Waals surface area contributed by atoms with Gasteiger partial charge in [-0.2, -0.15) is 0 Å². The van der Waals surface area contributed by atoms with Crippen LogP contribution in [-0.2, 0) is 10.2 Å². The molecule has 1 aliphatic carbocycles. The highest BCUT2D eigenvalue weighted by Crippen LogP contribution is 2.56. The molecule has 1 spiro atoms. The van der Waals surface area contributed by atoms with Gasteiger partial charge in [0.25, 0.3) is 5.91 Å². The van der Waals surface area contributed by atoms with Gasteiger partial charge in [0, 0.05) is 12.4 Å². The number of aromatic nitrogens is 1. The fourth-order valence-corrected chi connectivity index (χ4v) is 4.17. The zero-order valence-electron chi connectivity index (χ0n) is 17.5. The topological polar surface area (TPSA) is 62.7 Å². The van der Waals surface area contributed by atoms with E-state index < -0.39 is 23.7 Å². The minimum absolute atomic E-state index is 0.0530. The van der Waals surface area contributed by atoms with E-state index in [-0.39, 0.29) is 22.9 Å². The van der Waals surface area contributed by atoms with Crippen molar-refractivity contribution < 1.29 is 27.5 Å². The Kier molecular flexibility index (Phi) is 4.57. The van der Waals surface area contributed by atoms with E-state index in [1.165, 1.54) is 17.0 Å². The molecule has 0 N–H and O–H groups in total. The molecule has 164 valence electrons. The quantitative estimate of drug-likeness (QED) is 0.637. The summed E-state index contributed by atoms with van der Waals surface area (Å²) in [4.78, 5) is 33.7. The lowest BCUT2D eigenvalue weighted by atomic mass is 9.86. The fraction of sp³-hybridized carbons (Fsp3) is 0.409. The number of anilines is 2. The summed E-state index contributed by atoms with van der Waals surface area (Å²) in [5.41, 5.74) is 0.308. The third-order valence-corrected chi connectivity index (χ3v) is 5.80. The van der Waals surface area contributed by atoms with Crippen LogP contribution < -0.4 is 14.5 Å². The highest BCUT2D eigenvalue weighted by atomic mass is 19.4. The summed E-state index contributed by atoms with van der Waals surface area (Å²) in [6, 6.07) is 5.92. The molecule has 1 aromatic carbocycles. The van der Waals surface area contributed by atoms with Crippen LogP contribution in [-0.4, -0.2) is 28.8 Å². The molecule has 4 rings (SSSR count). The van der Waals surface area contributed by atoms with Crippen LogP contribution in [0.25, 0.3) is 0 Å². The number of hydrogen-bond acceptors (Lipinski definition) is 4. The molecular weight excluding hydrogens is 411 g/mol. The Morgan fingerprint density at radius 2 is 1.71 bits per heavy atom. The predicted octanol–water partition coefficient (Wildman–Crippen LogP) is 5.03. The molecule has 2 aromatic rings. The number of hydrogen-bond donors (Lipinski definition) is 0. The minimum Gasteiger partial charge on any atom is -0.406 e. The maximum Gasteiger partial charge on any atom is 0.573 e. The van der Waals surface area contributed by atoms with E-state index in [9.17, 15) is 22.8 Å². The summed E-state index contributed by atoms with van der Waals surface area (Å²) in [5.74, 6) is -0.861. The molecule has 1 saturated heterocycles.